The van der Waals surface area contributed by atoms with Crippen LogP contribution in [0, 0.1) is 0 Å². The molecule has 0 aromatic carbocycles. The summed E-state index contributed by atoms with van der Waals surface area (Å²) in [5, 5.41) is 17.2. The highest BCUT2D eigenvalue weighted by Crippen LogP contribution is 2.14. The second kappa shape index (κ2) is 43.3. The van der Waals surface area contributed by atoms with Gasteiger partial charge in [0.25, 0.3) is 0 Å². The van der Waals surface area contributed by atoms with Gasteiger partial charge < -0.3 is 10.2 Å². The minimum absolute atomic E-state index is 0.345. The number of aliphatic hydroxyl groups excluding tert-OH is 1. The van der Waals surface area contributed by atoms with Gasteiger partial charge in [0, 0.05) is 13.0 Å². The van der Waals surface area contributed by atoms with E-state index in [0.717, 1.165) is 19.3 Å². The molecule has 0 aliphatic rings. The van der Waals surface area contributed by atoms with E-state index in [1.807, 2.05) is 0 Å². The third-order valence-corrected chi connectivity index (χ3v) is 8.66. The van der Waals surface area contributed by atoms with Crippen LogP contribution in [0.15, 0.2) is 12.2 Å². The third-order valence-electron chi connectivity index (χ3n) is 8.66. The van der Waals surface area contributed by atoms with Gasteiger partial charge in [-0.3, -0.25) is 4.79 Å². The second-order valence-electron chi connectivity index (χ2n) is 13.2. The highest BCUT2D eigenvalue weighted by Gasteiger charge is 1.97. The maximum Gasteiger partial charge on any atom is 0.303 e. The molecular formula is C40H80O3. The van der Waals surface area contributed by atoms with Crippen LogP contribution >= 0.6 is 0 Å². The standard InChI is InChI=1S/C22H44O.C18H36O2/c1-2-3-4-5-6-7-8-9-10-11-12-13-14-15-16-17-18-19-20-21-22-23;1-2-3-4-5-6-7-8-9-10-11-12-13-14-15-16-17-18(19)20/h9-10,23H,2-8,11-22H2,1H3;2-17H2,1H3,(H,19,20)/b10-9-;. The van der Waals surface area contributed by atoms with Crippen molar-refractivity contribution in [1.29, 1.82) is 0 Å². The highest BCUT2D eigenvalue weighted by atomic mass is 16.4. The van der Waals surface area contributed by atoms with Crippen LogP contribution in [0.3, 0.4) is 0 Å². The van der Waals surface area contributed by atoms with Crippen molar-refractivity contribution in [2.75, 3.05) is 6.61 Å². The van der Waals surface area contributed by atoms with E-state index in [1.165, 1.54) is 193 Å². The number of unbranched alkanes of at least 4 members (excludes halogenated alkanes) is 30. The van der Waals surface area contributed by atoms with Gasteiger partial charge in [-0.05, 0) is 38.5 Å². The summed E-state index contributed by atoms with van der Waals surface area (Å²) in [5.41, 5.74) is 0. The zero-order valence-corrected chi connectivity index (χ0v) is 29.7. The minimum atomic E-state index is -0.653. The number of rotatable bonds is 35. The summed E-state index contributed by atoms with van der Waals surface area (Å²) >= 11 is 0. The van der Waals surface area contributed by atoms with Gasteiger partial charge in [0.1, 0.15) is 0 Å². The Labute approximate surface area is 271 Å². The highest BCUT2D eigenvalue weighted by molar-refractivity contribution is 5.66. The molecule has 0 saturated heterocycles. The predicted octanol–water partition coefficient (Wildman–Crippen LogP) is 13.9. The molecule has 0 bridgehead atoms. The van der Waals surface area contributed by atoms with Crippen LogP contribution in [0.5, 0.6) is 0 Å². The Morgan fingerprint density at radius 1 is 0.395 bits per heavy atom. The van der Waals surface area contributed by atoms with Crippen LogP contribution in [0.25, 0.3) is 0 Å². The van der Waals surface area contributed by atoms with E-state index in [0.29, 0.717) is 13.0 Å². The van der Waals surface area contributed by atoms with Crippen molar-refractivity contribution in [3.63, 3.8) is 0 Å². The lowest BCUT2D eigenvalue weighted by Crippen LogP contribution is -1.93. The normalized spacial score (nSPS) is 11.2. The van der Waals surface area contributed by atoms with Gasteiger partial charge in [0.05, 0.1) is 0 Å². The first-order chi connectivity index (χ1) is 21.2. The Hall–Kier alpha value is -0.830. The van der Waals surface area contributed by atoms with Crippen molar-refractivity contribution in [1.82, 2.24) is 0 Å². The lowest BCUT2D eigenvalue weighted by Gasteiger charge is -2.03. The Balaban J connectivity index is 0. The Morgan fingerprint density at radius 3 is 0.930 bits per heavy atom. The maximum absolute atomic E-state index is 10.3. The molecule has 0 aliphatic carbocycles. The molecule has 0 rings (SSSR count). The third kappa shape index (κ3) is 48.3. The maximum atomic E-state index is 10.3. The van der Waals surface area contributed by atoms with E-state index < -0.39 is 5.97 Å². The topological polar surface area (TPSA) is 57.5 Å². The van der Waals surface area contributed by atoms with Crippen LogP contribution < -0.4 is 0 Å². The fourth-order valence-electron chi connectivity index (χ4n) is 5.71. The number of hydrogen-bond donors (Lipinski definition) is 2. The first kappa shape index (κ1) is 44.3. The monoisotopic (exact) mass is 609 g/mol. The van der Waals surface area contributed by atoms with Gasteiger partial charge in [-0.25, -0.2) is 0 Å². The molecule has 258 valence electrons. The lowest BCUT2D eigenvalue weighted by atomic mass is 10.0. The molecule has 0 atom stereocenters. The molecule has 0 aromatic heterocycles. The average Bonchev–Trinajstić information content (AvgIpc) is 3.00. The molecule has 0 saturated carbocycles. The number of carboxylic acid groups (broad SMARTS) is 1. The van der Waals surface area contributed by atoms with E-state index >= 15 is 0 Å². The molecule has 0 aliphatic heterocycles. The van der Waals surface area contributed by atoms with Crippen molar-refractivity contribution in [2.24, 2.45) is 0 Å². The van der Waals surface area contributed by atoms with E-state index in [9.17, 15) is 4.79 Å². The summed E-state index contributed by atoms with van der Waals surface area (Å²) in [6.07, 6.45) is 49.3. The summed E-state index contributed by atoms with van der Waals surface area (Å²) in [6, 6.07) is 0. The molecule has 2 N–H and O–H groups in total. The predicted molar refractivity (Wildman–Crippen MR) is 192 cm³/mol. The van der Waals surface area contributed by atoms with Crippen LogP contribution in [-0.4, -0.2) is 22.8 Å². The van der Waals surface area contributed by atoms with Gasteiger partial charge in [-0.15, -0.1) is 0 Å². The van der Waals surface area contributed by atoms with E-state index in [-0.39, 0.29) is 0 Å². The first-order valence-electron chi connectivity index (χ1n) is 19.7. The van der Waals surface area contributed by atoms with E-state index in [4.69, 9.17) is 10.2 Å². The van der Waals surface area contributed by atoms with Gasteiger partial charge in [0.15, 0.2) is 0 Å². The average molecular weight is 609 g/mol. The van der Waals surface area contributed by atoms with Gasteiger partial charge in [-0.2, -0.15) is 0 Å². The van der Waals surface area contributed by atoms with Crippen molar-refractivity contribution in [3.8, 4) is 0 Å². The quantitative estimate of drug-likeness (QED) is 0.0556. The van der Waals surface area contributed by atoms with Crippen LogP contribution in [0.2, 0.25) is 0 Å². The smallest absolute Gasteiger partial charge is 0.303 e. The Kier molecular flexibility index (Phi) is 44.6. The number of aliphatic carboxylic acids is 1. The van der Waals surface area contributed by atoms with E-state index in [2.05, 4.69) is 26.0 Å². The number of carbonyl (C=O) groups is 1. The lowest BCUT2D eigenvalue weighted by molar-refractivity contribution is -0.137. The van der Waals surface area contributed by atoms with Crippen molar-refractivity contribution in [2.45, 2.75) is 232 Å². The van der Waals surface area contributed by atoms with Crippen molar-refractivity contribution < 1.29 is 15.0 Å². The largest absolute Gasteiger partial charge is 0.481 e. The fraction of sp³-hybridized carbons (Fsp3) is 0.925. The zero-order chi connectivity index (χ0) is 31.7. The molecule has 0 amide bonds. The molecule has 0 fully saturated rings. The summed E-state index contributed by atoms with van der Waals surface area (Å²) in [5.74, 6) is -0.653. The molecule has 3 nitrogen and oxygen atoms in total. The first-order valence-corrected chi connectivity index (χ1v) is 19.7. The van der Waals surface area contributed by atoms with Crippen LogP contribution in [0.1, 0.15) is 232 Å². The molecule has 0 spiro atoms. The summed E-state index contributed by atoms with van der Waals surface area (Å²) in [6.45, 7) is 4.92. The van der Waals surface area contributed by atoms with Gasteiger partial charge in [0.2, 0.25) is 0 Å². The molecule has 43 heavy (non-hydrogen) atoms. The molecule has 0 unspecified atom stereocenters. The summed E-state index contributed by atoms with van der Waals surface area (Å²) < 4.78 is 0. The number of aliphatic hydroxyl groups is 1. The molecular weight excluding hydrogens is 528 g/mol. The zero-order valence-electron chi connectivity index (χ0n) is 29.7. The van der Waals surface area contributed by atoms with Crippen LogP contribution in [0.4, 0.5) is 0 Å². The number of carboxylic acids is 1. The molecule has 0 radical (unpaired) electrons. The molecule has 3 heteroatoms. The minimum Gasteiger partial charge on any atom is -0.481 e. The van der Waals surface area contributed by atoms with E-state index in [1.54, 1.807) is 0 Å². The Bertz CT molecular complexity index is 516. The van der Waals surface area contributed by atoms with Crippen molar-refractivity contribution in [3.05, 3.63) is 12.2 Å². The number of hydrogen-bond acceptors (Lipinski definition) is 2. The summed E-state index contributed by atoms with van der Waals surface area (Å²) in [7, 11) is 0. The second-order valence-corrected chi connectivity index (χ2v) is 13.2. The molecule has 0 heterocycles. The molecule has 0 aromatic rings. The number of allylic oxidation sites excluding steroid dienone is 2. The SMILES string of the molecule is CCCCCCCC/C=C\CCCCCCCCCCCCO.CCCCCCCCCCCCCCCCCC(=O)O. The van der Waals surface area contributed by atoms with Gasteiger partial charge in [-0.1, -0.05) is 199 Å². The fourth-order valence-corrected chi connectivity index (χ4v) is 5.71. The van der Waals surface area contributed by atoms with Crippen molar-refractivity contribution >= 4 is 5.97 Å². The Morgan fingerprint density at radius 2 is 0.651 bits per heavy atom. The van der Waals surface area contributed by atoms with Gasteiger partial charge >= 0.3 is 5.97 Å². The van der Waals surface area contributed by atoms with Crippen LogP contribution in [-0.2, 0) is 4.79 Å². The summed E-state index contributed by atoms with van der Waals surface area (Å²) in [4.78, 5) is 10.3.